The molecule has 0 fully saturated rings. The molecule has 0 bridgehead atoms. The van der Waals surface area contributed by atoms with Gasteiger partial charge in [-0.3, -0.25) is 4.79 Å². The van der Waals surface area contributed by atoms with Crippen LogP contribution in [-0.2, 0) is 17.8 Å². The Labute approximate surface area is 177 Å². The Bertz CT molecular complexity index is 1140. The van der Waals surface area contributed by atoms with Gasteiger partial charge in [-0.2, -0.15) is 0 Å². The van der Waals surface area contributed by atoms with Gasteiger partial charge in [0.2, 0.25) is 5.91 Å². The standard InChI is InChI=1S/C23H20BrN3O2/c1-29-19-12-6-16(7-13-19)14-22-26-20-4-2-3-5-21(20)27(22)15-23(28)25-18-10-8-17(24)9-11-18/h2-13H,14-15H2,1H3,(H,25,28). The number of hydrogen-bond acceptors (Lipinski definition) is 3. The topological polar surface area (TPSA) is 56.2 Å². The number of halogens is 1. The Morgan fingerprint density at radius 2 is 1.76 bits per heavy atom. The monoisotopic (exact) mass is 449 g/mol. The third-order valence-electron chi connectivity index (χ3n) is 4.68. The summed E-state index contributed by atoms with van der Waals surface area (Å²) in [7, 11) is 1.65. The van der Waals surface area contributed by atoms with Crippen molar-refractivity contribution in [2.45, 2.75) is 13.0 Å². The summed E-state index contributed by atoms with van der Waals surface area (Å²) in [4.78, 5) is 17.5. The average molecular weight is 450 g/mol. The molecule has 146 valence electrons. The van der Waals surface area contributed by atoms with Crippen LogP contribution in [0.3, 0.4) is 0 Å². The summed E-state index contributed by atoms with van der Waals surface area (Å²) < 4.78 is 8.18. The highest BCUT2D eigenvalue weighted by molar-refractivity contribution is 9.10. The van der Waals surface area contributed by atoms with Crippen LogP contribution in [0.2, 0.25) is 0 Å². The van der Waals surface area contributed by atoms with E-state index in [1.807, 2.05) is 77.4 Å². The molecule has 0 aliphatic carbocycles. The highest BCUT2D eigenvalue weighted by Gasteiger charge is 2.14. The summed E-state index contributed by atoms with van der Waals surface area (Å²) >= 11 is 3.40. The molecule has 0 aliphatic rings. The Morgan fingerprint density at radius 3 is 2.48 bits per heavy atom. The van der Waals surface area contributed by atoms with Gasteiger partial charge in [-0.1, -0.05) is 40.2 Å². The lowest BCUT2D eigenvalue weighted by Gasteiger charge is -2.11. The van der Waals surface area contributed by atoms with Crippen LogP contribution < -0.4 is 10.1 Å². The minimum absolute atomic E-state index is 0.0912. The lowest BCUT2D eigenvalue weighted by molar-refractivity contribution is -0.116. The van der Waals surface area contributed by atoms with Crippen molar-refractivity contribution in [3.63, 3.8) is 0 Å². The number of rotatable bonds is 6. The molecule has 1 heterocycles. The van der Waals surface area contributed by atoms with E-state index in [0.717, 1.165) is 38.3 Å². The van der Waals surface area contributed by atoms with Crippen LogP contribution in [0.25, 0.3) is 11.0 Å². The number of methoxy groups -OCH3 is 1. The Morgan fingerprint density at radius 1 is 1.03 bits per heavy atom. The highest BCUT2D eigenvalue weighted by atomic mass is 79.9. The van der Waals surface area contributed by atoms with Crippen LogP contribution in [0.1, 0.15) is 11.4 Å². The van der Waals surface area contributed by atoms with Crippen molar-refractivity contribution in [1.29, 1.82) is 0 Å². The SMILES string of the molecule is COc1ccc(Cc2nc3ccccc3n2CC(=O)Nc2ccc(Br)cc2)cc1. The zero-order valence-electron chi connectivity index (χ0n) is 15.9. The quantitative estimate of drug-likeness (QED) is 0.448. The van der Waals surface area contributed by atoms with Gasteiger partial charge >= 0.3 is 0 Å². The van der Waals surface area contributed by atoms with Crippen LogP contribution in [0.5, 0.6) is 5.75 Å². The summed E-state index contributed by atoms with van der Waals surface area (Å²) in [5.41, 5.74) is 3.70. The van der Waals surface area contributed by atoms with Crippen molar-refractivity contribution in [3.05, 3.63) is 88.7 Å². The van der Waals surface area contributed by atoms with Gasteiger partial charge in [0.1, 0.15) is 18.1 Å². The first kappa shape index (κ1) is 19.2. The molecule has 1 aromatic heterocycles. The smallest absolute Gasteiger partial charge is 0.244 e. The second kappa shape index (κ2) is 8.49. The number of anilines is 1. The first-order valence-electron chi connectivity index (χ1n) is 9.25. The number of ether oxygens (including phenoxy) is 1. The number of imidazole rings is 1. The maximum atomic E-state index is 12.7. The molecular formula is C23H20BrN3O2. The van der Waals surface area contributed by atoms with E-state index in [-0.39, 0.29) is 12.5 Å². The maximum Gasteiger partial charge on any atom is 0.244 e. The number of nitrogens with zero attached hydrogens (tertiary/aromatic N) is 2. The largest absolute Gasteiger partial charge is 0.497 e. The number of carbonyl (C=O) groups is 1. The molecule has 4 aromatic rings. The maximum absolute atomic E-state index is 12.7. The molecular weight excluding hydrogens is 430 g/mol. The lowest BCUT2D eigenvalue weighted by Crippen LogP contribution is -2.20. The van der Waals surface area contributed by atoms with Crippen LogP contribution in [0.4, 0.5) is 5.69 Å². The summed E-state index contributed by atoms with van der Waals surface area (Å²) in [6.07, 6.45) is 0.629. The molecule has 0 saturated carbocycles. The fourth-order valence-corrected chi connectivity index (χ4v) is 3.50. The molecule has 6 heteroatoms. The number of para-hydroxylation sites is 2. The van der Waals surface area contributed by atoms with Crippen LogP contribution in [-0.4, -0.2) is 22.6 Å². The van der Waals surface area contributed by atoms with E-state index in [0.29, 0.717) is 6.42 Å². The zero-order valence-corrected chi connectivity index (χ0v) is 17.5. The minimum atomic E-state index is -0.0912. The fourth-order valence-electron chi connectivity index (χ4n) is 3.24. The number of hydrogen-bond donors (Lipinski definition) is 1. The highest BCUT2D eigenvalue weighted by Crippen LogP contribution is 2.21. The molecule has 0 spiro atoms. The summed E-state index contributed by atoms with van der Waals surface area (Å²) in [6.45, 7) is 0.196. The van der Waals surface area contributed by atoms with Crippen molar-refractivity contribution >= 4 is 38.6 Å². The minimum Gasteiger partial charge on any atom is -0.497 e. The molecule has 4 rings (SSSR count). The van der Waals surface area contributed by atoms with Crippen molar-refractivity contribution in [2.24, 2.45) is 0 Å². The van der Waals surface area contributed by atoms with Crippen molar-refractivity contribution in [1.82, 2.24) is 9.55 Å². The lowest BCUT2D eigenvalue weighted by atomic mass is 10.1. The van der Waals surface area contributed by atoms with Gasteiger partial charge < -0.3 is 14.6 Å². The molecule has 1 N–H and O–H groups in total. The predicted octanol–water partition coefficient (Wildman–Crippen LogP) is 5.04. The van der Waals surface area contributed by atoms with Crippen LogP contribution >= 0.6 is 15.9 Å². The summed E-state index contributed by atoms with van der Waals surface area (Å²) in [6, 6.07) is 23.3. The second-order valence-corrected chi connectivity index (χ2v) is 7.60. The normalized spacial score (nSPS) is 10.8. The van der Waals surface area contributed by atoms with Gasteiger partial charge in [0.25, 0.3) is 0 Å². The molecule has 0 unspecified atom stereocenters. The van der Waals surface area contributed by atoms with Crippen molar-refractivity contribution in [3.8, 4) is 5.75 Å². The van der Waals surface area contributed by atoms with Crippen molar-refractivity contribution < 1.29 is 9.53 Å². The number of benzene rings is 3. The van der Waals surface area contributed by atoms with E-state index < -0.39 is 0 Å². The average Bonchev–Trinajstić information content (AvgIpc) is 3.07. The van der Waals surface area contributed by atoms with E-state index in [2.05, 4.69) is 21.2 Å². The third-order valence-corrected chi connectivity index (χ3v) is 5.21. The first-order valence-corrected chi connectivity index (χ1v) is 10.0. The predicted molar refractivity (Wildman–Crippen MR) is 118 cm³/mol. The van der Waals surface area contributed by atoms with Gasteiger partial charge in [0.15, 0.2) is 0 Å². The first-order chi connectivity index (χ1) is 14.1. The van der Waals surface area contributed by atoms with E-state index >= 15 is 0 Å². The molecule has 0 atom stereocenters. The Balaban J connectivity index is 1.60. The summed E-state index contributed by atoms with van der Waals surface area (Å²) in [5.74, 6) is 1.57. The number of carbonyl (C=O) groups excluding carboxylic acids is 1. The number of aromatic nitrogens is 2. The zero-order chi connectivity index (χ0) is 20.2. The van der Waals surface area contributed by atoms with Gasteiger partial charge in [0.05, 0.1) is 18.1 Å². The van der Waals surface area contributed by atoms with Crippen LogP contribution in [0.15, 0.2) is 77.3 Å². The molecule has 0 aliphatic heterocycles. The van der Waals surface area contributed by atoms with Gasteiger partial charge in [-0.05, 0) is 54.1 Å². The molecule has 0 saturated heterocycles. The van der Waals surface area contributed by atoms with E-state index in [1.54, 1.807) is 7.11 Å². The second-order valence-electron chi connectivity index (χ2n) is 6.68. The number of fused-ring (bicyclic) bond motifs is 1. The third kappa shape index (κ3) is 4.49. The van der Waals surface area contributed by atoms with E-state index in [4.69, 9.17) is 9.72 Å². The molecule has 1 amide bonds. The Kier molecular flexibility index (Phi) is 5.62. The molecule has 0 radical (unpaired) electrons. The van der Waals surface area contributed by atoms with E-state index in [1.165, 1.54) is 0 Å². The summed E-state index contributed by atoms with van der Waals surface area (Å²) in [5, 5.41) is 2.95. The van der Waals surface area contributed by atoms with Gasteiger partial charge in [0, 0.05) is 16.6 Å². The molecule has 3 aromatic carbocycles. The molecule has 29 heavy (non-hydrogen) atoms. The van der Waals surface area contributed by atoms with Gasteiger partial charge in [-0.15, -0.1) is 0 Å². The van der Waals surface area contributed by atoms with Crippen molar-refractivity contribution in [2.75, 3.05) is 12.4 Å². The fraction of sp³-hybridized carbons (Fsp3) is 0.130. The number of nitrogens with one attached hydrogen (secondary N) is 1. The Hall–Kier alpha value is -3.12. The van der Waals surface area contributed by atoms with Gasteiger partial charge in [-0.25, -0.2) is 4.98 Å². The molecule has 5 nitrogen and oxygen atoms in total. The number of amides is 1. The van der Waals surface area contributed by atoms with Crippen LogP contribution in [0, 0.1) is 0 Å². The van der Waals surface area contributed by atoms with E-state index in [9.17, 15) is 4.79 Å².